The summed E-state index contributed by atoms with van der Waals surface area (Å²) in [5.74, 6) is 0.734. The maximum atomic E-state index is 12.8. The summed E-state index contributed by atoms with van der Waals surface area (Å²) in [6.45, 7) is 5.94. The van der Waals surface area contributed by atoms with Crippen LogP contribution in [0, 0.1) is 22.7 Å². The Hall–Kier alpha value is -1.00. The van der Waals surface area contributed by atoms with E-state index in [1.807, 2.05) is 0 Å². The van der Waals surface area contributed by atoms with E-state index in [4.69, 9.17) is 5.11 Å². The molecule has 4 nitrogen and oxygen atoms in total. The number of hydrogen-bond donors (Lipinski definition) is 2. The SMILES string of the molecule is CC(=O)C12CCC(C)C(C)(CCC(=CCO)CO)C1CCCC2=O. The van der Waals surface area contributed by atoms with Gasteiger partial charge in [0.25, 0.3) is 0 Å². The molecular weight excluding hydrogens is 304 g/mol. The van der Waals surface area contributed by atoms with Crippen molar-refractivity contribution in [2.45, 2.75) is 65.7 Å². The molecule has 4 atom stereocenters. The van der Waals surface area contributed by atoms with Crippen LogP contribution in [-0.2, 0) is 9.59 Å². The molecule has 2 fully saturated rings. The third kappa shape index (κ3) is 3.11. The van der Waals surface area contributed by atoms with E-state index in [1.54, 1.807) is 13.0 Å². The van der Waals surface area contributed by atoms with E-state index < -0.39 is 5.41 Å². The predicted molar refractivity (Wildman–Crippen MR) is 93.5 cm³/mol. The van der Waals surface area contributed by atoms with Crippen LogP contribution in [-0.4, -0.2) is 35.0 Å². The van der Waals surface area contributed by atoms with E-state index >= 15 is 0 Å². The van der Waals surface area contributed by atoms with Crippen molar-refractivity contribution in [1.82, 2.24) is 0 Å². The molecule has 2 saturated carbocycles. The fraction of sp³-hybridized carbons (Fsp3) is 0.800. The van der Waals surface area contributed by atoms with Gasteiger partial charge in [-0.1, -0.05) is 19.9 Å². The number of carbonyl (C=O) groups excluding carboxylic acids is 2. The second-order valence-corrected chi connectivity index (χ2v) is 8.04. The number of fused-ring (bicyclic) bond motifs is 1. The van der Waals surface area contributed by atoms with Crippen LogP contribution in [0.1, 0.15) is 65.7 Å². The quantitative estimate of drug-likeness (QED) is 0.577. The smallest absolute Gasteiger partial charge is 0.146 e. The molecule has 0 aromatic carbocycles. The highest BCUT2D eigenvalue weighted by Crippen LogP contribution is 2.60. The van der Waals surface area contributed by atoms with Crippen LogP contribution in [0.4, 0.5) is 0 Å². The fourth-order valence-electron chi connectivity index (χ4n) is 5.30. The van der Waals surface area contributed by atoms with Gasteiger partial charge in [0.2, 0.25) is 0 Å². The van der Waals surface area contributed by atoms with Gasteiger partial charge in [-0.2, -0.15) is 0 Å². The summed E-state index contributed by atoms with van der Waals surface area (Å²) in [4.78, 5) is 25.3. The number of aliphatic hydroxyl groups excluding tert-OH is 2. The Morgan fingerprint density at radius 1 is 1.33 bits per heavy atom. The number of hydrogen-bond acceptors (Lipinski definition) is 4. The summed E-state index contributed by atoms with van der Waals surface area (Å²) in [5, 5.41) is 18.5. The van der Waals surface area contributed by atoms with Crippen LogP contribution < -0.4 is 0 Å². The summed E-state index contributed by atoms with van der Waals surface area (Å²) < 4.78 is 0. The van der Waals surface area contributed by atoms with Gasteiger partial charge < -0.3 is 10.2 Å². The van der Waals surface area contributed by atoms with Gasteiger partial charge in [-0.15, -0.1) is 0 Å². The number of rotatable bonds is 6. The van der Waals surface area contributed by atoms with Gasteiger partial charge in [-0.05, 0) is 68.3 Å². The molecule has 24 heavy (non-hydrogen) atoms. The van der Waals surface area contributed by atoms with E-state index in [0.717, 1.165) is 31.3 Å². The van der Waals surface area contributed by atoms with Gasteiger partial charge in [0.1, 0.15) is 11.6 Å². The molecule has 0 bridgehead atoms. The number of ketones is 2. The topological polar surface area (TPSA) is 74.6 Å². The Labute approximate surface area is 145 Å². The summed E-state index contributed by atoms with van der Waals surface area (Å²) in [6.07, 6.45) is 7.15. The van der Waals surface area contributed by atoms with Crippen LogP contribution in [0.25, 0.3) is 0 Å². The molecule has 4 heteroatoms. The average molecular weight is 336 g/mol. The molecule has 0 aliphatic heterocycles. The van der Waals surface area contributed by atoms with E-state index in [0.29, 0.717) is 25.2 Å². The van der Waals surface area contributed by atoms with E-state index in [9.17, 15) is 14.7 Å². The molecule has 2 N–H and O–H groups in total. The van der Waals surface area contributed by atoms with E-state index in [1.165, 1.54) is 0 Å². The molecule has 0 saturated heterocycles. The minimum atomic E-state index is -0.778. The lowest BCUT2D eigenvalue weighted by Crippen LogP contribution is -2.57. The summed E-state index contributed by atoms with van der Waals surface area (Å²) in [5.41, 5.74) is -0.0319. The van der Waals surface area contributed by atoms with Crippen molar-refractivity contribution in [1.29, 1.82) is 0 Å². The molecule has 0 heterocycles. The highest BCUT2D eigenvalue weighted by Gasteiger charge is 2.60. The average Bonchev–Trinajstić information content (AvgIpc) is 2.55. The number of carbonyl (C=O) groups is 2. The normalized spacial score (nSPS) is 37.2. The monoisotopic (exact) mass is 336 g/mol. The first-order chi connectivity index (χ1) is 11.3. The molecule has 2 aliphatic rings. The number of aliphatic hydroxyl groups is 2. The van der Waals surface area contributed by atoms with Crippen molar-refractivity contribution in [2.75, 3.05) is 13.2 Å². The second kappa shape index (κ2) is 7.49. The molecule has 2 aliphatic carbocycles. The molecule has 0 radical (unpaired) electrons. The van der Waals surface area contributed by atoms with Gasteiger partial charge >= 0.3 is 0 Å². The minimum Gasteiger partial charge on any atom is -0.392 e. The van der Waals surface area contributed by atoms with Crippen LogP contribution >= 0.6 is 0 Å². The first-order valence-electron chi connectivity index (χ1n) is 9.27. The third-order valence-electron chi connectivity index (χ3n) is 7.08. The van der Waals surface area contributed by atoms with Gasteiger partial charge in [-0.25, -0.2) is 0 Å². The largest absolute Gasteiger partial charge is 0.392 e. The molecule has 0 amide bonds. The van der Waals surface area contributed by atoms with Crippen LogP contribution in [0.3, 0.4) is 0 Å². The maximum absolute atomic E-state index is 12.8. The van der Waals surface area contributed by atoms with Crippen molar-refractivity contribution < 1.29 is 19.8 Å². The highest BCUT2D eigenvalue weighted by molar-refractivity contribution is 6.07. The van der Waals surface area contributed by atoms with Gasteiger partial charge in [0.15, 0.2) is 0 Å². The molecule has 136 valence electrons. The third-order valence-corrected chi connectivity index (χ3v) is 7.08. The molecule has 2 rings (SSSR count). The first kappa shape index (κ1) is 19.3. The highest BCUT2D eigenvalue weighted by atomic mass is 16.3. The fourth-order valence-corrected chi connectivity index (χ4v) is 5.30. The summed E-state index contributed by atoms with van der Waals surface area (Å²) in [7, 11) is 0. The Kier molecular flexibility index (Phi) is 6.03. The lowest BCUT2D eigenvalue weighted by atomic mass is 9.45. The van der Waals surface area contributed by atoms with Gasteiger partial charge in [-0.3, -0.25) is 9.59 Å². The van der Waals surface area contributed by atoms with Gasteiger partial charge in [0.05, 0.1) is 18.6 Å². The van der Waals surface area contributed by atoms with Crippen LogP contribution in [0.5, 0.6) is 0 Å². The van der Waals surface area contributed by atoms with Crippen molar-refractivity contribution in [3.8, 4) is 0 Å². The molecule has 0 aromatic rings. The van der Waals surface area contributed by atoms with Crippen molar-refractivity contribution >= 4 is 11.6 Å². The molecular formula is C20H32O4. The van der Waals surface area contributed by atoms with Gasteiger partial charge in [0, 0.05) is 6.42 Å². The first-order valence-corrected chi connectivity index (χ1v) is 9.27. The van der Waals surface area contributed by atoms with E-state index in [-0.39, 0.29) is 36.1 Å². The summed E-state index contributed by atoms with van der Waals surface area (Å²) in [6, 6.07) is 0. The lowest BCUT2D eigenvalue weighted by molar-refractivity contribution is -0.162. The van der Waals surface area contributed by atoms with Crippen molar-refractivity contribution in [3.63, 3.8) is 0 Å². The van der Waals surface area contributed by atoms with Crippen molar-refractivity contribution in [3.05, 3.63) is 11.6 Å². The molecule has 0 spiro atoms. The molecule has 4 unspecified atom stereocenters. The lowest BCUT2D eigenvalue weighted by Gasteiger charge is -2.57. The zero-order valence-corrected chi connectivity index (χ0v) is 15.3. The minimum absolute atomic E-state index is 0.0450. The Balaban J connectivity index is 2.33. The maximum Gasteiger partial charge on any atom is 0.146 e. The molecule has 0 aromatic heterocycles. The van der Waals surface area contributed by atoms with Crippen LogP contribution in [0.15, 0.2) is 11.6 Å². The Morgan fingerprint density at radius 3 is 2.62 bits per heavy atom. The number of Topliss-reactive ketones (excluding diaryl/α,β-unsaturated/α-hetero) is 2. The van der Waals surface area contributed by atoms with E-state index in [2.05, 4.69) is 13.8 Å². The zero-order valence-electron chi connectivity index (χ0n) is 15.3. The van der Waals surface area contributed by atoms with Crippen LogP contribution in [0.2, 0.25) is 0 Å². The van der Waals surface area contributed by atoms with Crippen molar-refractivity contribution in [2.24, 2.45) is 22.7 Å². The second-order valence-electron chi connectivity index (χ2n) is 8.04. The zero-order chi connectivity index (χ0) is 18.0. The standard InChI is InChI=1S/C20H32O4/c1-14-7-11-20(15(2)23)17(5-4-6-18(20)24)19(14,3)10-8-16(13-22)9-12-21/h9,14,17,21-22H,4-8,10-13H2,1-3H3. The Bertz CT molecular complexity index is 524. The predicted octanol–water partition coefficient (Wildman–Crippen LogP) is 3.06. The summed E-state index contributed by atoms with van der Waals surface area (Å²) >= 11 is 0. The Morgan fingerprint density at radius 2 is 2.04 bits per heavy atom.